The maximum Gasteiger partial charge on any atom is 0.330 e. The Morgan fingerprint density at radius 1 is 0.356 bits per heavy atom. The second-order valence-corrected chi connectivity index (χ2v) is 15.9. The molecule has 0 spiro atoms. The number of carbonyl (C=O) groups is 12. The van der Waals surface area contributed by atoms with Crippen LogP contribution in [0.4, 0.5) is 0 Å². The summed E-state index contributed by atoms with van der Waals surface area (Å²) in [6, 6.07) is 9.01. The molecule has 7 unspecified atom stereocenters. The van der Waals surface area contributed by atoms with E-state index in [2.05, 4.69) is 93.2 Å². The molecule has 1 aromatic rings. The van der Waals surface area contributed by atoms with E-state index < -0.39 is 114 Å². The second kappa shape index (κ2) is 56.2. The molecule has 0 amide bonds. The van der Waals surface area contributed by atoms with Crippen LogP contribution >= 0.6 is 0 Å². The van der Waals surface area contributed by atoms with Crippen LogP contribution in [0.15, 0.2) is 182 Å². The van der Waals surface area contributed by atoms with Gasteiger partial charge in [-0.1, -0.05) is 130 Å². The van der Waals surface area contributed by atoms with Gasteiger partial charge >= 0.3 is 71.6 Å². The molecule has 0 saturated heterocycles. The highest BCUT2D eigenvalue weighted by Gasteiger charge is 2.22. The zero-order valence-electron chi connectivity index (χ0n) is 50.3. The average Bonchev–Trinajstić information content (AvgIpc) is 3.55. The molecule has 0 fully saturated rings. The van der Waals surface area contributed by atoms with Gasteiger partial charge in [0.15, 0.2) is 6.10 Å². The van der Waals surface area contributed by atoms with Gasteiger partial charge in [0.1, 0.15) is 69.7 Å². The van der Waals surface area contributed by atoms with Crippen molar-refractivity contribution in [2.75, 3.05) is 33.0 Å². The summed E-state index contributed by atoms with van der Waals surface area (Å²) in [5, 5.41) is 0. The van der Waals surface area contributed by atoms with Crippen LogP contribution in [-0.4, -0.2) is 141 Å². The first-order valence-electron chi connectivity index (χ1n) is 26.0. The predicted molar refractivity (Wildman–Crippen MR) is 320 cm³/mol. The Hall–Kier alpha value is -10.3. The van der Waals surface area contributed by atoms with Crippen molar-refractivity contribution in [3.8, 4) is 0 Å². The molecule has 0 aliphatic carbocycles. The van der Waals surface area contributed by atoms with Crippen LogP contribution in [0, 0.1) is 0 Å². The van der Waals surface area contributed by atoms with Gasteiger partial charge in [0, 0.05) is 72.9 Å². The minimum atomic E-state index is -0.652. The maximum absolute atomic E-state index is 11.2. The number of benzene rings is 1. The van der Waals surface area contributed by atoms with Gasteiger partial charge in [0.2, 0.25) is 0 Å². The molecule has 87 heavy (non-hydrogen) atoms. The lowest BCUT2D eigenvalue weighted by Crippen LogP contribution is -2.31. The third kappa shape index (κ3) is 52.3. The predicted octanol–water partition coefficient (Wildman–Crippen LogP) is 7.91. The van der Waals surface area contributed by atoms with Crippen LogP contribution in [-0.2, 0) is 114 Å². The Bertz CT molecular complexity index is 2380. The van der Waals surface area contributed by atoms with E-state index in [9.17, 15) is 57.5 Å². The fourth-order valence-corrected chi connectivity index (χ4v) is 4.83. The van der Waals surface area contributed by atoms with E-state index in [1.165, 1.54) is 0 Å². The maximum atomic E-state index is 11.2. The second-order valence-electron chi connectivity index (χ2n) is 15.9. The SMILES string of the molecule is C=CC(=O)OC(C)C(C)OC(=O)C=C.C=CC(=O)OC(C)C(CC)OC(=O)C=C.C=CC(=O)OCC(C)OC(=O)C=C.C=CC(=O)OCC(CCC)OC(=O)C=C.C=CC(=O)OCC(OC(=O)C=C)c1ccccc1.C=CC(=O)OCCOC(=O)C=C. The Kier molecular flexibility index (Phi) is 55.3. The molecule has 0 aliphatic heterocycles. The van der Waals surface area contributed by atoms with Crippen molar-refractivity contribution in [3.63, 3.8) is 0 Å². The van der Waals surface area contributed by atoms with Gasteiger partial charge in [-0.15, -0.1) is 0 Å². The quantitative estimate of drug-likeness (QED) is 0.0274. The van der Waals surface area contributed by atoms with E-state index in [1.54, 1.807) is 52.0 Å². The molecule has 478 valence electrons. The molecular weight excluding hydrogens is 1140 g/mol. The van der Waals surface area contributed by atoms with Crippen molar-refractivity contribution in [1.82, 2.24) is 0 Å². The summed E-state index contributed by atoms with van der Waals surface area (Å²) in [6.07, 6.45) is 11.2. The summed E-state index contributed by atoms with van der Waals surface area (Å²) in [5.41, 5.74) is 0.740. The van der Waals surface area contributed by atoms with Gasteiger partial charge in [0.25, 0.3) is 0 Å². The third-order valence-electron chi connectivity index (χ3n) is 9.22. The van der Waals surface area contributed by atoms with Gasteiger partial charge in [0.05, 0.1) is 0 Å². The van der Waals surface area contributed by atoms with Crippen LogP contribution in [0.5, 0.6) is 0 Å². The summed E-state index contributed by atoms with van der Waals surface area (Å²) in [7, 11) is 0. The first kappa shape index (κ1) is 85.5. The lowest BCUT2D eigenvalue weighted by atomic mass is 10.1. The largest absolute Gasteiger partial charge is 0.459 e. The highest BCUT2D eigenvalue weighted by Crippen LogP contribution is 2.18. The lowest BCUT2D eigenvalue weighted by molar-refractivity contribution is -0.160. The number of ether oxygens (including phenoxy) is 12. The molecule has 24 nitrogen and oxygen atoms in total. The first-order valence-corrected chi connectivity index (χ1v) is 26.0. The molecule has 0 aromatic heterocycles. The number of rotatable bonds is 34. The Morgan fingerprint density at radius 3 is 1.03 bits per heavy atom. The van der Waals surface area contributed by atoms with Crippen molar-refractivity contribution in [2.24, 2.45) is 0 Å². The molecular formula is C63H82O24. The lowest BCUT2D eigenvalue weighted by Gasteiger charge is -2.21. The fourth-order valence-electron chi connectivity index (χ4n) is 4.83. The highest BCUT2D eigenvalue weighted by atomic mass is 16.6. The standard InChI is InChI=1S/C14H14O4.2C11H16O4.C10H14O4.C9H12O4.C8H10O4/c1-3-13(15)17-10-12(18-14(16)4-2)11-8-6-5-7-9-11;1-5-9(15-11(13)7-3)8(4)14-10(12)6-2;1-4-7-9(15-11(13)6-3)8-14-10(12)5-2;1-5-9(11)13-7(3)8(4)14-10(12)6-2;1-4-8(10)12-6-7(3)13-9(11)5-2;1-3-7(9)11-5-6-12-8(10)4-2/h3-9,12H,1-2,10H2;6-9H,2-3,5H2,1,4H3;5-6,9H,2-4,7-8H2,1H3;5-8H,1-2H2,3-4H3;4-5,7H,1-2,6H2,3H3;3-4H,1-2,5-6H2. The van der Waals surface area contributed by atoms with Crippen molar-refractivity contribution in [2.45, 2.75) is 104 Å². The van der Waals surface area contributed by atoms with Gasteiger partial charge in [-0.25, -0.2) is 57.5 Å². The van der Waals surface area contributed by atoms with E-state index in [4.69, 9.17) is 42.6 Å². The van der Waals surface area contributed by atoms with Crippen molar-refractivity contribution < 1.29 is 114 Å². The Labute approximate surface area is 508 Å². The number of hydrogen-bond acceptors (Lipinski definition) is 24. The molecule has 24 heteroatoms. The molecule has 1 aromatic carbocycles. The van der Waals surface area contributed by atoms with Gasteiger partial charge < -0.3 is 56.8 Å². The molecule has 0 radical (unpaired) electrons. The molecule has 0 bridgehead atoms. The van der Waals surface area contributed by atoms with Crippen LogP contribution in [0.3, 0.4) is 0 Å². The normalized spacial score (nSPS) is 11.6. The van der Waals surface area contributed by atoms with E-state index in [1.807, 2.05) is 19.9 Å². The van der Waals surface area contributed by atoms with Crippen LogP contribution in [0.2, 0.25) is 0 Å². The first-order chi connectivity index (χ1) is 41.2. The molecule has 0 saturated carbocycles. The molecule has 7 atom stereocenters. The van der Waals surface area contributed by atoms with Crippen molar-refractivity contribution in [1.29, 1.82) is 0 Å². The van der Waals surface area contributed by atoms with Gasteiger partial charge in [-0.05, 0) is 46.1 Å². The minimum Gasteiger partial charge on any atom is -0.459 e. The minimum absolute atomic E-state index is 0.0183. The van der Waals surface area contributed by atoms with E-state index in [0.717, 1.165) is 84.9 Å². The van der Waals surface area contributed by atoms with Gasteiger partial charge in [-0.3, -0.25) is 0 Å². The highest BCUT2D eigenvalue weighted by molar-refractivity contribution is 5.85. The fraction of sp³-hybridized carbons (Fsp3) is 0.333. The van der Waals surface area contributed by atoms with Crippen LogP contribution in [0.1, 0.15) is 72.5 Å². The van der Waals surface area contributed by atoms with Crippen LogP contribution in [0.25, 0.3) is 0 Å². The van der Waals surface area contributed by atoms with E-state index >= 15 is 0 Å². The summed E-state index contributed by atoms with van der Waals surface area (Å²) >= 11 is 0. The number of carbonyl (C=O) groups excluding carboxylic acids is 12. The zero-order chi connectivity index (χ0) is 67.7. The molecule has 0 aliphatic rings. The summed E-state index contributed by atoms with van der Waals surface area (Å²) < 4.78 is 57.7. The average molecular weight is 1220 g/mol. The number of hydrogen-bond donors (Lipinski definition) is 0. The molecule has 1 rings (SSSR count). The zero-order valence-corrected chi connectivity index (χ0v) is 50.3. The summed E-state index contributed by atoms with van der Waals surface area (Å²) in [4.78, 5) is 129. The summed E-state index contributed by atoms with van der Waals surface area (Å²) in [6.45, 7) is 49.4. The number of esters is 12. The van der Waals surface area contributed by atoms with E-state index in [-0.39, 0.29) is 33.0 Å². The molecule has 0 heterocycles. The van der Waals surface area contributed by atoms with E-state index in [0.29, 0.717) is 12.8 Å². The Balaban J connectivity index is -0.000000311. The smallest absolute Gasteiger partial charge is 0.330 e. The summed E-state index contributed by atoms with van der Waals surface area (Å²) in [5.74, 6) is -6.46. The van der Waals surface area contributed by atoms with Crippen molar-refractivity contribution in [3.05, 3.63) is 188 Å². The van der Waals surface area contributed by atoms with Crippen molar-refractivity contribution >= 4 is 71.6 Å². The molecule has 0 N–H and O–H groups in total. The van der Waals surface area contributed by atoms with Crippen LogP contribution < -0.4 is 0 Å². The third-order valence-corrected chi connectivity index (χ3v) is 9.22. The monoisotopic (exact) mass is 1220 g/mol. The Morgan fingerprint density at radius 2 is 0.667 bits per heavy atom. The topological polar surface area (TPSA) is 316 Å². The van der Waals surface area contributed by atoms with Gasteiger partial charge in [-0.2, -0.15) is 0 Å².